The summed E-state index contributed by atoms with van der Waals surface area (Å²) >= 11 is 0. The van der Waals surface area contributed by atoms with Gasteiger partial charge in [0.15, 0.2) is 5.78 Å². The number of rotatable bonds is 4. The van der Waals surface area contributed by atoms with Gasteiger partial charge in [-0.15, -0.1) is 0 Å². The highest BCUT2D eigenvalue weighted by Crippen LogP contribution is 2.24. The molecular formula is C21H12N2O5. The fourth-order valence-electron chi connectivity index (χ4n) is 2.47. The first-order valence-electron chi connectivity index (χ1n) is 8.10. The lowest BCUT2D eigenvalue weighted by Gasteiger charge is -2.02. The third-order valence-electron chi connectivity index (χ3n) is 3.86. The molecular weight excluding hydrogens is 360 g/mol. The standard InChI is InChI=1S/C21H12N2O5/c24-21(18-12-19(22(25)26)14-20(13-18)23(27)28)17-10-8-16(9-11-17)7-6-15-4-2-1-3-5-15/h1-5,8-14H. The molecule has 3 aromatic carbocycles. The summed E-state index contributed by atoms with van der Waals surface area (Å²) in [6.45, 7) is 0. The van der Waals surface area contributed by atoms with Crippen LogP contribution < -0.4 is 0 Å². The molecule has 0 unspecified atom stereocenters. The second kappa shape index (κ2) is 7.93. The zero-order valence-electron chi connectivity index (χ0n) is 14.4. The smallest absolute Gasteiger partial charge is 0.277 e. The van der Waals surface area contributed by atoms with E-state index < -0.39 is 27.0 Å². The zero-order valence-corrected chi connectivity index (χ0v) is 14.4. The van der Waals surface area contributed by atoms with Crippen molar-refractivity contribution in [1.82, 2.24) is 0 Å². The third kappa shape index (κ3) is 4.26. The topological polar surface area (TPSA) is 103 Å². The van der Waals surface area contributed by atoms with Crippen molar-refractivity contribution in [1.29, 1.82) is 0 Å². The Balaban J connectivity index is 1.88. The van der Waals surface area contributed by atoms with Crippen molar-refractivity contribution in [3.05, 3.63) is 115 Å². The van der Waals surface area contributed by atoms with E-state index in [-0.39, 0.29) is 11.1 Å². The molecule has 0 radical (unpaired) electrons. The minimum atomic E-state index is -0.772. The van der Waals surface area contributed by atoms with Gasteiger partial charge in [0.2, 0.25) is 0 Å². The van der Waals surface area contributed by atoms with E-state index in [0.717, 1.165) is 23.8 Å². The number of benzene rings is 3. The highest BCUT2D eigenvalue weighted by atomic mass is 16.6. The number of non-ortho nitro benzene ring substituents is 2. The molecule has 0 heterocycles. The van der Waals surface area contributed by atoms with Crippen LogP contribution in [0.5, 0.6) is 0 Å². The molecule has 0 amide bonds. The molecule has 0 spiro atoms. The van der Waals surface area contributed by atoms with Crippen molar-refractivity contribution in [2.24, 2.45) is 0 Å². The van der Waals surface area contributed by atoms with Crippen LogP contribution in [0.2, 0.25) is 0 Å². The quantitative estimate of drug-likeness (QED) is 0.296. The zero-order chi connectivity index (χ0) is 20.1. The van der Waals surface area contributed by atoms with E-state index in [1.807, 2.05) is 30.3 Å². The molecule has 136 valence electrons. The first-order valence-corrected chi connectivity index (χ1v) is 8.10. The molecule has 0 atom stereocenters. The summed E-state index contributed by atoms with van der Waals surface area (Å²) in [5, 5.41) is 22.0. The second-order valence-electron chi connectivity index (χ2n) is 5.77. The van der Waals surface area contributed by atoms with Crippen LogP contribution in [-0.2, 0) is 0 Å². The molecule has 0 saturated heterocycles. The highest BCUT2D eigenvalue weighted by molar-refractivity contribution is 6.09. The van der Waals surface area contributed by atoms with Gasteiger partial charge in [-0.05, 0) is 36.4 Å². The molecule has 28 heavy (non-hydrogen) atoms. The number of carbonyl (C=O) groups is 1. The van der Waals surface area contributed by atoms with Crippen molar-refractivity contribution < 1.29 is 14.6 Å². The molecule has 0 saturated carbocycles. The van der Waals surface area contributed by atoms with Crippen molar-refractivity contribution in [3.8, 4) is 11.8 Å². The van der Waals surface area contributed by atoms with Crippen LogP contribution in [0.4, 0.5) is 11.4 Å². The van der Waals surface area contributed by atoms with Crippen LogP contribution in [0.15, 0.2) is 72.8 Å². The molecule has 7 heteroatoms. The summed E-state index contributed by atoms with van der Waals surface area (Å²) in [6, 6.07) is 18.6. The average Bonchev–Trinajstić information content (AvgIpc) is 2.72. The van der Waals surface area contributed by atoms with Gasteiger partial charge < -0.3 is 0 Å². The summed E-state index contributed by atoms with van der Waals surface area (Å²) in [5.74, 6) is 5.42. The van der Waals surface area contributed by atoms with Gasteiger partial charge in [-0.25, -0.2) is 0 Å². The lowest BCUT2D eigenvalue weighted by molar-refractivity contribution is -0.394. The summed E-state index contributed by atoms with van der Waals surface area (Å²) < 4.78 is 0. The van der Waals surface area contributed by atoms with Crippen LogP contribution in [0.25, 0.3) is 0 Å². The Morgan fingerprint density at radius 3 is 1.68 bits per heavy atom. The number of ketones is 1. The summed E-state index contributed by atoms with van der Waals surface area (Å²) in [7, 11) is 0. The summed E-state index contributed by atoms with van der Waals surface area (Å²) in [4.78, 5) is 33.0. The first kappa shape index (κ1) is 18.5. The number of carbonyl (C=O) groups excluding carboxylic acids is 1. The lowest BCUT2D eigenvalue weighted by Crippen LogP contribution is -2.04. The second-order valence-corrected chi connectivity index (χ2v) is 5.77. The van der Waals surface area contributed by atoms with Crippen LogP contribution >= 0.6 is 0 Å². The molecule has 0 N–H and O–H groups in total. The third-order valence-corrected chi connectivity index (χ3v) is 3.86. The van der Waals surface area contributed by atoms with Gasteiger partial charge in [0.25, 0.3) is 11.4 Å². The van der Waals surface area contributed by atoms with Gasteiger partial charge in [0.05, 0.1) is 15.9 Å². The highest BCUT2D eigenvalue weighted by Gasteiger charge is 2.20. The minimum absolute atomic E-state index is 0.121. The van der Waals surface area contributed by atoms with Crippen molar-refractivity contribution in [2.45, 2.75) is 0 Å². The molecule has 0 fully saturated rings. The fourth-order valence-corrected chi connectivity index (χ4v) is 2.47. The molecule has 0 aliphatic carbocycles. The maximum absolute atomic E-state index is 12.6. The van der Waals surface area contributed by atoms with E-state index in [4.69, 9.17) is 0 Å². The Bertz CT molecular complexity index is 1090. The number of nitrogens with zero attached hydrogens (tertiary/aromatic N) is 2. The number of nitro groups is 2. The van der Waals surface area contributed by atoms with Gasteiger partial charge in [-0.2, -0.15) is 0 Å². The predicted octanol–water partition coefficient (Wildman–Crippen LogP) is 4.13. The maximum atomic E-state index is 12.6. The van der Waals surface area contributed by atoms with E-state index in [9.17, 15) is 25.0 Å². The van der Waals surface area contributed by atoms with E-state index in [1.54, 1.807) is 12.1 Å². The Morgan fingerprint density at radius 1 is 0.679 bits per heavy atom. The first-order chi connectivity index (χ1) is 13.4. The maximum Gasteiger partial charge on any atom is 0.277 e. The number of nitro benzene ring substituents is 2. The number of hydrogen-bond acceptors (Lipinski definition) is 5. The summed E-state index contributed by atoms with van der Waals surface area (Å²) in [6.07, 6.45) is 0. The van der Waals surface area contributed by atoms with E-state index in [1.165, 1.54) is 12.1 Å². The normalized spacial score (nSPS) is 9.86. The van der Waals surface area contributed by atoms with Crippen LogP contribution in [0.1, 0.15) is 27.0 Å². The minimum Gasteiger partial charge on any atom is -0.289 e. The van der Waals surface area contributed by atoms with Gasteiger partial charge in [-0.3, -0.25) is 25.0 Å². The SMILES string of the molecule is O=C(c1ccc(C#Cc2ccccc2)cc1)c1cc([N+](=O)[O-])cc([N+](=O)[O-])c1. The van der Waals surface area contributed by atoms with Crippen LogP contribution in [-0.4, -0.2) is 15.6 Å². The molecule has 3 aromatic rings. The molecule has 0 aromatic heterocycles. The molecule has 0 bridgehead atoms. The van der Waals surface area contributed by atoms with E-state index >= 15 is 0 Å². The van der Waals surface area contributed by atoms with Gasteiger partial charge in [-0.1, -0.05) is 30.0 Å². The summed E-state index contributed by atoms with van der Waals surface area (Å²) in [5.41, 5.74) is 0.645. The number of hydrogen-bond donors (Lipinski definition) is 0. The average molecular weight is 372 g/mol. The molecule has 3 rings (SSSR count). The van der Waals surface area contributed by atoms with Gasteiger partial charge >= 0.3 is 0 Å². The lowest BCUT2D eigenvalue weighted by atomic mass is 10.0. The largest absolute Gasteiger partial charge is 0.289 e. The van der Waals surface area contributed by atoms with Crippen molar-refractivity contribution in [3.63, 3.8) is 0 Å². The predicted molar refractivity (Wildman–Crippen MR) is 102 cm³/mol. The Morgan fingerprint density at radius 2 is 1.18 bits per heavy atom. The van der Waals surface area contributed by atoms with Crippen LogP contribution in [0, 0.1) is 32.1 Å². The van der Waals surface area contributed by atoms with E-state index in [2.05, 4.69) is 11.8 Å². The Kier molecular flexibility index (Phi) is 5.23. The van der Waals surface area contributed by atoms with E-state index in [0.29, 0.717) is 5.56 Å². The molecule has 0 aliphatic heterocycles. The van der Waals surface area contributed by atoms with Gasteiger partial charge in [0.1, 0.15) is 0 Å². The Labute approximate surface area is 159 Å². The monoisotopic (exact) mass is 372 g/mol. The Hall–Kier alpha value is -4.31. The fraction of sp³-hybridized carbons (Fsp3) is 0. The van der Waals surface area contributed by atoms with Crippen molar-refractivity contribution in [2.75, 3.05) is 0 Å². The van der Waals surface area contributed by atoms with Crippen molar-refractivity contribution >= 4 is 17.2 Å². The molecule has 0 aliphatic rings. The molecule has 7 nitrogen and oxygen atoms in total. The van der Waals surface area contributed by atoms with Crippen LogP contribution in [0.3, 0.4) is 0 Å². The van der Waals surface area contributed by atoms with Gasteiger partial charge in [0, 0.05) is 34.4 Å².